The van der Waals surface area contributed by atoms with E-state index in [9.17, 15) is 8.78 Å². The minimum absolute atomic E-state index is 0.289. The zero-order valence-electron chi connectivity index (χ0n) is 10.1. The maximum atomic E-state index is 13.5. The van der Waals surface area contributed by atoms with E-state index in [1.54, 1.807) is 0 Å². The van der Waals surface area contributed by atoms with Crippen LogP contribution in [-0.4, -0.2) is 29.4 Å². The van der Waals surface area contributed by atoms with Crippen LogP contribution in [0, 0.1) is 11.6 Å². The Morgan fingerprint density at radius 2 is 2.12 bits per heavy atom. The molecule has 0 bridgehead atoms. The van der Waals surface area contributed by atoms with Crippen molar-refractivity contribution in [2.24, 2.45) is 0 Å². The Morgan fingerprint density at radius 3 is 2.65 bits per heavy atom. The molecule has 1 aromatic rings. The van der Waals surface area contributed by atoms with E-state index in [2.05, 4.69) is 13.5 Å². The summed E-state index contributed by atoms with van der Waals surface area (Å²) in [7, 11) is 1.96. The molecule has 0 N–H and O–H groups in total. The van der Waals surface area contributed by atoms with Crippen LogP contribution in [0.4, 0.5) is 8.78 Å². The second-order valence-electron chi connectivity index (χ2n) is 4.51. The van der Waals surface area contributed by atoms with Gasteiger partial charge >= 0.3 is 0 Å². The number of hydrogen-bond acceptors (Lipinski definition) is 2. The summed E-state index contributed by atoms with van der Waals surface area (Å²) in [5, 5.41) is 0. The summed E-state index contributed by atoms with van der Waals surface area (Å²) in [5.41, 5.74) is 0.495. The molecule has 1 aliphatic heterocycles. The summed E-state index contributed by atoms with van der Waals surface area (Å²) in [5.74, 6) is -0.169. The molecule has 1 heterocycles. The molecule has 1 fully saturated rings. The Bertz CT molecular complexity index is 445. The van der Waals surface area contributed by atoms with Crippen LogP contribution in [0.25, 0.3) is 0 Å². The summed E-state index contributed by atoms with van der Waals surface area (Å²) < 4.78 is 26.3. The quantitative estimate of drug-likeness (QED) is 0.781. The smallest absolute Gasteiger partial charge is 0.131 e. The third kappa shape index (κ3) is 2.25. The molecule has 1 aliphatic rings. The molecule has 1 saturated heterocycles. The number of rotatable bonds is 2. The van der Waals surface area contributed by atoms with Crippen LogP contribution in [-0.2, 0) is 6.54 Å². The Balaban J connectivity index is 2.18. The van der Waals surface area contributed by atoms with Gasteiger partial charge in [0.1, 0.15) is 11.6 Å². The van der Waals surface area contributed by atoms with Gasteiger partial charge in [-0.05, 0) is 13.0 Å². The summed E-state index contributed by atoms with van der Waals surface area (Å²) >= 11 is 0. The van der Waals surface area contributed by atoms with E-state index in [4.69, 9.17) is 0 Å². The molecule has 0 aromatic heterocycles. The van der Waals surface area contributed by atoms with Crippen molar-refractivity contribution in [1.82, 2.24) is 9.80 Å². The van der Waals surface area contributed by atoms with E-state index >= 15 is 0 Å². The third-order valence-corrected chi connectivity index (χ3v) is 3.20. The fourth-order valence-electron chi connectivity index (χ4n) is 2.15. The summed E-state index contributed by atoms with van der Waals surface area (Å²) in [4.78, 5) is 4.06. The highest BCUT2D eigenvalue weighted by Gasteiger charge is 2.27. The lowest BCUT2D eigenvalue weighted by Gasteiger charge is -2.24. The lowest BCUT2D eigenvalue weighted by atomic mass is 10.2. The van der Waals surface area contributed by atoms with Gasteiger partial charge in [-0.15, -0.1) is 0 Å². The first-order valence-corrected chi connectivity index (χ1v) is 5.59. The van der Waals surface area contributed by atoms with Crippen molar-refractivity contribution in [1.29, 1.82) is 0 Å². The van der Waals surface area contributed by atoms with E-state index in [0.29, 0.717) is 12.1 Å². The van der Waals surface area contributed by atoms with Crippen molar-refractivity contribution in [2.75, 3.05) is 13.6 Å². The Hall–Kier alpha value is -1.58. The lowest BCUT2D eigenvalue weighted by Crippen LogP contribution is -2.26. The molecule has 1 aromatic carbocycles. The Labute approximate surface area is 100 Å². The van der Waals surface area contributed by atoms with Gasteiger partial charge in [-0.2, -0.15) is 0 Å². The van der Waals surface area contributed by atoms with E-state index < -0.39 is 11.6 Å². The van der Waals surface area contributed by atoms with Gasteiger partial charge in [-0.1, -0.05) is 12.6 Å². The number of hydrogen-bond donors (Lipinski definition) is 0. The molecule has 1 unspecified atom stereocenters. The zero-order valence-corrected chi connectivity index (χ0v) is 10.1. The molecule has 92 valence electrons. The predicted octanol–water partition coefficient (Wildman–Crippen LogP) is 2.57. The SMILES string of the molecule is C=C1N(C)CC(C)N1Cc1ccc(F)cc1F. The van der Waals surface area contributed by atoms with E-state index in [1.807, 2.05) is 16.8 Å². The molecule has 17 heavy (non-hydrogen) atoms. The Morgan fingerprint density at radius 1 is 1.41 bits per heavy atom. The average molecular weight is 238 g/mol. The first-order valence-electron chi connectivity index (χ1n) is 5.59. The molecule has 2 nitrogen and oxygen atoms in total. The van der Waals surface area contributed by atoms with Crippen molar-refractivity contribution in [3.8, 4) is 0 Å². The number of benzene rings is 1. The van der Waals surface area contributed by atoms with Crippen LogP contribution in [0.1, 0.15) is 12.5 Å². The molecule has 0 amide bonds. The van der Waals surface area contributed by atoms with Crippen LogP contribution in [0.3, 0.4) is 0 Å². The van der Waals surface area contributed by atoms with Gasteiger partial charge < -0.3 is 9.80 Å². The summed E-state index contributed by atoms with van der Waals surface area (Å²) in [6.45, 7) is 7.34. The van der Waals surface area contributed by atoms with E-state index in [-0.39, 0.29) is 6.04 Å². The minimum Gasteiger partial charge on any atom is -0.360 e. The highest BCUT2D eigenvalue weighted by molar-refractivity contribution is 5.20. The average Bonchev–Trinajstić information content (AvgIpc) is 2.48. The summed E-state index contributed by atoms with van der Waals surface area (Å²) in [6, 6.07) is 3.98. The predicted molar refractivity (Wildman–Crippen MR) is 63.1 cm³/mol. The van der Waals surface area contributed by atoms with Crippen LogP contribution in [0.5, 0.6) is 0 Å². The fourth-order valence-corrected chi connectivity index (χ4v) is 2.15. The molecule has 0 aliphatic carbocycles. The molecular formula is C13H16F2N2. The summed E-state index contributed by atoms with van der Waals surface area (Å²) in [6.07, 6.45) is 0. The van der Waals surface area contributed by atoms with Crippen molar-refractivity contribution in [2.45, 2.75) is 19.5 Å². The van der Waals surface area contributed by atoms with Crippen molar-refractivity contribution in [3.05, 3.63) is 47.8 Å². The fraction of sp³-hybridized carbons (Fsp3) is 0.385. The Kier molecular flexibility index (Phi) is 3.05. The lowest BCUT2D eigenvalue weighted by molar-refractivity contribution is 0.301. The molecule has 4 heteroatoms. The van der Waals surface area contributed by atoms with Gasteiger partial charge in [0, 0.05) is 37.8 Å². The maximum absolute atomic E-state index is 13.5. The largest absolute Gasteiger partial charge is 0.360 e. The highest BCUT2D eigenvalue weighted by Crippen LogP contribution is 2.24. The molecule has 2 rings (SSSR count). The second kappa shape index (κ2) is 4.35. The topological polar surface area (TPSA) is 6.48 Å². The monoisotopic (exact) mass is 238 g/mol. The van der Waals surface area contributed by atoms with Crippen molar-refractivity contribution < 1.29 is 8.78 Å². The third-order valence-electron chi connectivity index (χ3n) is 3.20. The first kappa shape index (κ1) is 11.9. The van der Waals surface area contributed by atoms with Gasteiger partial charge in [-0.3, -0.25) is 0 Å². The highest BCUT2D eigenvalue weighted by atomic mass is 19.1. The van der Waals surface area contributed by atoms with E-state index in [0.717, 1.165) is 18.4 Å². The minimum atomic E-state index is -0.545. The van der Waals surface area contributed by atoms with Crippen LogP contribution >= 0.6 is 0 Å². The van der Waals surface area contributed by atoms with Crippen LogP contribution in [0.15, 0.2) is 30.6 Å². The zero-order chi connectivity index (χ0) is 12.6. The molecular weight excluding hydrogens is 222 g/mol. The van der Waals surface area contributed by atoms with Gasteiger partial charge in [0.25, 0.3) is 0 Å². The van der Waals surface area contributed by atoms with Gasteiger partial charge in [0.15, 0.2) is 0 Å². The normalized spacial score (nSPS) is 20.2. The first-order chi connectivity index (χ1) is 7.99. The molecule has 1 atom stereocenters. The van der Waals surface area contributed by atoms with Crippen LogP contribution < -0.4 is 0 Å². The molecule has 0 spiro atoms. The number of likely N-dealkylation sites (N-methyl/N-ethyl adjacent to an activating group) is 1. The second-order valence-corrected chi connectivity index (χ2v) is 4.51. The van der Waals surface area contributed by atoms with Crippen LogP contribution in [0.2, 0.25) is 0 Å². The molecule has 0 radical (unpaired) electrons. The van der Waals surface area contributed by atoms with Crippen molar-refractivity contribution >= 4 is 0 Å². The number of halogens is 2. The van der Waals surface area contributed by atoms with Gasteiger partial charge in [-0.25, -0.2) is 8.78 Å². The number of nitrogens with zero attached hydrogens (tertiary/aromatic N) is 2. The maximum Gasteiger partial charge on any atom is 0.131 e. The molecule has 0 saturated carbocycles. The van der Waals surface area contributed by atoms with Gasteiger partial charge in [0.2, 0.25) is 0 Å². The standard InChI is InChI=1S/C13H16F2N2/c1-9-7-16(3)10(2)17(9)8-11-4-5-12(14)6-13(11)15/h4-6,9H,2,7-8H2,1,3H3. The van der Waals surface area contributed by atoms with Crippen molar-refractivity contribution in [3.63, 3.8) is 0 Å². The van der Waals surface area contributed by atoms with Gasteiger partial charge in [0.05, 0.1) is 5.82 Å². The van der Waals surface area contributed by atoms with E-state index in [1.165, 1.54) is 12.1 Å².